The molecule has 2 rings (SSSR count). The van der Waals surface area contributed by atoms with E-state index >= 15 is 0 Å². The predicted octanol–water partition coefficient (Wildman–Crippen LogP) is 2.66. The van der Waals surface area contributed by atoms with Crippen LogP contribution in [0.4, 0.5) is 23.7 Å². The molecule has 0 spiro atoms. The topological polar surface area (TPSA) is 61.8 Å². The molecule has 1 aromatic carbocycles. The normalized spacial score (nSPS) is 18.4. The average Bonchev–Trinajstić information content (AvgIpc) is 2.49. The molecule has 1 aliphatic rings. The first kappa shape index (κ1) is 16.4. The van der Waals surface area contributed by atoms with Crippen molar-refractivity contribution in [1.29, 1.82) is 0 Å². The number of alkyl halides is 2. The van der Waals surface area contributed by atoms with Gasteiger partial charge in [-0.2, -0.15) is 8.78 Å². The van der Waals surface area contributed by atoms with Gasteiger partial charge < -0.3 is 20.1 Å². The summed E-state index contributed by atoms with van der Waals surface area (Å²) in [5.41, 5.74) is 0.148. The molecule has 22 heavy (non-hydrogen) atoms. The Kier molecular flexibility index (Phi) is 5.48. The maximum absolute atomic E-state index is 13.6. The Labute approximate surface area is 125 Å². The monoisotopic (exact) mass is 318 g/mol. The number of halogens is 3. The quantitative estimate of drug-likeness (QED) is 0.897. The SMILES string of the molecule is O=C(Nc1ccc(OC(F)F)c(F)c1)N1CCCC(CO)C1. The first-order chi connectivity index (χ1) is 10.5. The number of piperidine rings is 1. The van der Waals surface area contributed by atoms with Crippen LogP contribution in [-0.2, 0) is 0 Å². The van der Waals surface area contributed by atoms with Crippen LogP contribution in [0.15, 0.2) is 18.2 Å². The Balaban J connectivity index is 1.98. The Bertz CT molecular complexity index is 528. The number of ether oxygens (including phenoxy) is 1. The molecule has 1 fully saturated rings. The molecule has 0 aromatic heterocycles. The number of nitrogens with one attached hydrogen (secondary N) is 1. The molecule has 1 heterocycles. The average molecular weight is 318 g/mol. The molecule has 1 aromatic rings. The summed E-state index contributed by atoms with van der Waals surface area (Å²) < 4.78 is 41.6. The molecule has 0 bridgehead atoms. The largest absolute Gasteiger partial charge is 0.432 e. The zero-order valence-electron chi connectivity index (χ0n) is 11.8. The maximum atomic E-state index is 13.6. The van der Waals surface area contributed by atoms with E-state index in [9.17, 15) is 18.0 Å². The van der Waals surface area contributed by atoms with Gasteiger partial charge in [-0.25, -0.2) is 9.18 Å². The van der Waals surface area contributed by atoms with Gasteiger partial charge in [-0.15, -0.1) is 0 Å². The number of benzene rings is 1. The van der Waals surface area contributed by atoms with Crippen molar-refractivity contribution < 1.29 is 27.8 Å². The summed E-state index contributed by atoms with van der Waals surface area (Å²) in [6.07, 6.45) is 1.64. The summed E-state index contributed by atoms with van der Waals surface area (Å²) in [5.74, 6) is -1.52. The zero-order valence-corrected chi connectivity index (χ0v) is 11.8. The number of nitrogens with zero attached hydrogens (tertiary/aromatic N) is 1. The van der Waals surface area contributed by atoms with Crippen LogP contribution in [0.2, 0.25) is 0 Å². The Morgan fingerprint density at radius 1 is 1.50 bits per heavy atom. The first-order valence-electron chi connectivity index (χ1n) is 6.90. The molecular formula is C14H17F3N2O3. The summed E-state index contributed by atoms with van der Waals surface area (Å²) in [5, 5.41) is 11.6. The van der Waals surface area contributed by atoms with E-state index in [0.717, 1.165) is 25.0 Å². The van der Waals surface area contributed by atoms with E-state index < -0.39 is 24.2 Å². The third-order valence-corrected chi connectivity index (χ3v) is 3.46. The summed E-state index contributed by atoms with van der Waals surface area (Å²) in [6.45, 7) is -2.12. The summed E-state index contributed by atoms with van der Waals surface area (Å²) >= 11 is 0. The lowest BCUT2D eigenvalue weighted by Gasteiger charge is -2.31. The van der Waals surface area contributed by atoms with Gasteiger partial charge in [0.1, 0.15) is 0 Å². The number of rotatable bonds is 4. The van der Waals surface area contributed by atoms with Crippen LogP contribution in [0.1, 0.15) is 12.8 Å². The minimum Gasteiger partial charge on any atom is -0.432 e. The van der Waals surface area contributed by atoms with Crippen molar-refractivity contribution in [1.82, 2.24) is 4.90 Å². The highest BCUT2D eigenvalue weighted by Crippen LogP contribution is 2.23. The van der Waals surface area contributed by atoms with Crippen molar-refractivity contribution in [2.45, 2.75) is 19.5 Å². The third-order valence-electron chi connectivity index (χ3n) is 3.46. The zero-order chi connectivity index (χ0) is 16.1. The van der Waals surface area contributed by atoms with Gasteiger partial charge in [-0.3, -0.25) is 0 Å². The van der Waals surface area contributed by atoms with Crippen molar-refractivity contribution in [2.75, 3.05) is 25.0 Å². The van der Waals surface area contributed by atoms with Gasteiger partial charge >= 0.3 is 12.6 Å². The Hall–Kier alpha value is -1.96. The van der Waals surface area contributed by atoms with E-state index in [1.54, 1.807) is 0 Å². The van der Waals surface area contributed by atoms with Crippen LogP contribution >= 0.6 is 0 Å². The minimum atomic E-state index is -3.11. The molecule has 1 saturated heterocycles. The van der Waals surface area contributed by atoms with Gasteiger partial charge in [-0.1, -0.05) is 0 Å². The molecule has 2 amide bonds. The second-order valence-corrected chi connectivity index (χ2v) is 5.09. The van der Waals surface area contributed by atoms with E-state index in [2.05, 4.69) is 10.1 Å². The van der Waals surface area contributed by atoms with Crippen LogP contribution < -0.4 is 10.1 Å². The van der Waals surface area contributed by atoms with E-state index in [1.807, 2.05) is 0 Å². The van der Waals surface area contributed by atoms with Gasteiger partial charge in [-0.05, 0) is 30.9 Å². The van der Waals surface area contributed by atoms with E-state index in [1.165, 1.54) is 11.0 Å². The fraction of sp³-hybridized carbons (Fsp3) is 0.500. The van der Waals surface area contributed by atoms with Gasteiger partial charge in [0.05, 0.1) is 0 Å². The summed E-state index contributed by atoms with van der Waals surface area (Å²) in [7, 11) is 0. The van der Waals surface area contributed by atoms with Crippen molar-refractivity contribution in [3.8, 4) is 5.75 Å². The molecule has 1 unspecified atom stereocenters. The van der Waals surface area contributed by atoms with Crippen LogP contribution in [-0.4, -0.2) is 42.3 Å². The molecule has 8 heteroatoms. The number of amides is 2. The van der Waals surface area contributed by atoms with Crippen molar-refractivity contribution in [3.05, 3.63) is 24.0 Å². The van der Waals surface area contributed by atoms with Crippen LogP contribution in [0.25, 0.3) is 0 Å². The highest BCUT2D eigenvalue weighted by atomic mass is 19.3. The van der Waals surface area contributed by atoms with Gasteiger partial charge in [0, 0.05) is 31.5 Å². The number of aliphatic hydroxyl groups is 1. The van der Waals surface area contributed by atoms with E-state index in [-0.39, 0.29) is 18.2 Å². The van der Waals surface area contributed by atoms with Crippen LogP contribution in [0, 0.1) is 11.7 Å². The second kappa shape index (κ2) is 7.35. The molecule has 1 aliphatic heterocycles. The molecular weight excluding hydrogens is 301 g/mol. The summed E-state index contributed by atoms with van der Waals surface area (Å²) in [4.78, 5) is 13.6. The van der Waals surface area contributed by atoms with Crippen molar-refractivity contribution >= 4 is 11.7 Å². The highest BCUT2D eigenvalue weighted by molar-refractivity contribution is 5.89. The first-order valence-corrected chi connectivity index (χ1v) is 6.90. The smallest absolute Gasteiger partial charge is 0.387 e. The predicted molar refractivity (Wildman–Crippen MR) is 73.4 cm³/mol. The molecule has 0 saturated carbocycles. The van der Waals surface area contributed by atoms with Gasteiger partial charge in [0.25, 0.3) is 0 Å². The number of carbonyl (C=O) groups excluding carboxylic acids is 1. The van der Waals surface area contributed by atoms with E-state index in [0.29, 0.717) is 13.1 Å². The molecule has 122 valence electrons. The molecule has 5 nitrogen and oxygen atoms in total. The third kappa shape index (κ3) is 4.27. The molecule has 2 N–H and O–H groups in total. The minimum absolute atomic E-state index is 0.0120. The lowest BCUT2D eigenvalue weighted by atomic mass is 9.99. The van der Waals surface area contributed by atoms with E-state index in [4.69, 9.17) is 5.11 Å². The van der Waals surface area contributed by atoms with Gasteiger partial charge in [0.15, 0.2) is 11.6 Å². The fourth-order valence-corrected chi connectivity index (χ4v) is 2.37. The lowest BCUT2D eigenvalue weighted by Crippen LogP contribution is -2.43. The van der Waals surface area contributed by atoms with Crippen molar-refractivity contribution in [2.24, 2.45) is 5.92 Å². The maximum Gasteiger partial charge on any atom is 0.387 e. The van der Waals surface area contributed by atoms with Crippen LogP contribution in [0.3, 0.4) is 0 Å². The Morgan fingerprint density at radius 3 is 2.91 bits per heavy atom. The van der Waals surface area contributed by atoms with Gasteiger partial charge in [0.2, 0.25) is 0 Å². The number of hydrogen-bond acceptors (Lipinski definition) is 3. The molecule has 0 aliphatic carbocycles. The number of anilines is 1. The number of hydrogen-bond donors (Lipinski definition) is 2. The molecule has 1 atom stereocenters. The number of urea groups is 1. The summed E-state index contributed by atoms with van der Waals surface area (Å²) in [6, 6.07) is 2.82. The number of likely N-dealkylation sites (tertiary alicyclic amines) is 1. The van der Waals surface area contributed by atoms with Crippen LogP contribution in [0.5, 0.6) is 5.75 Å². The second-order valence-electron chi connectivity index (χ2n) is 5.09. The standard InChI is InChI=1S/C14H17F3N2O3/c15-11-6-10(3-4-12(11)22-13(16)17)18-14(21)19-5-1-2-9(7-19)8-20/h3-4,6,9,13,20H,1-2,5,7-8H2,(H,18,21). The molecule has 0 radical (unpaired) electrons. The fourth-order valence-electron chi connectivity index (χ4n) is 2.37. The Morgan fingerprint density at radius 2 is 2.27 bits per heavy atom. The van der Waals surface area contributed by atoms with Crippen molar-refractivity contribution in [3.63, 3.8) is 0 Å². The lowest BCUT2D eigenvalue weighted by molar-refractivity contribution is -0.0521. The highest BCUT2D eigenvalue weighted by Gasteiger charge is 2.23. The number of aliphatic hydroxyl groups excluding tert-OH is 1. The number of carbonyl (C=O) groups is 1.